The van der Waals surface area contributed by atoms with Gasteiger partial charge in [0.15, 0.2) is 0 Å². The lowest BCUT2D eigenvalue weighted by Gasteiger charge is -2.34. The number of hydrogen-bond acceptors (Lipinski definition) is 3. The number of fused-ring (bicyclic) bond motifs is 1. The Morgan fingerprint density at radius 1 is 1.04 bits per heavy atom. The van der Waals surface area contributed by atoms with E-state index in [0.717, 1.165) is 22.6 Å². The Hall–Kier alpha value is -3.27. The summed E-state index contributed by atoms with van der Waals surface area (Å²) in [6.45, 7) is 4.14. The Labute approximate surface area is 164 Å². The van der Waals surface area contributed by atoms with E-state index < -0.39 is 0 Å². The molecule has 1 amide bonds. The number of hydrogen-bond donors (Lipinski definition) is 2. The molecule has 4 nitrogen and oxygen atoms in total. The summed E-state index contributed by atoms with van der Waals surface area (Å²) in [6.07, 6.45) is 0. The largest absolute Gasteiger partial charge is 0.508 e. The Morgan fingerprint density at radius 2 is 1.82 bits per heavy atom. The summed E-state index contributed by atoms with van der Waals surface area (Å²) in [5, 5.41) is 12.7. The van der Waals surface area contributed by atoms with Crippen LogP contribution in [0.5, 0.6) is 11.5 Å². The molecule has 28 heavy (non-hydrogen) atoms. The number of phenols is 1. The molecule has 142 valence electrons. The van der Waals surface area contributed by atoms with Crippen molar-refractivity contribution in [1.29, 1.82) is 0 Å². The van der Waals surface area contributed by atoms with Crippen LogP contribution >= 0.6 is 0 Å². The second-order valence-corrected chi connectivity index (χ2v) is 7.33. The lowest BCUT2D eigenvalue weighted by atomic mass is 9.75. The average Bonchev–Trinajstić information content (AvgIpc) is 2.67. The zero-order valence-corrected chi connectivity index (χ0v) is 16.0. The van der Waals surface area contributed by atoms with Gasteiger partial charge in [0.25, 0.3) is 0 Å². The molecule has 4 rings (SSSR count). The number of aromatic hydroxyl groups is 1. The molecule has 0 saturated heterocycles. The maximum absolute atomic E-state index is 11.3. The summed E-state index contributed by atoms with van der Waals surface area (Å²) in [4.78, 5) is 11.3. The van der Waals surface area contributed by atoms with Gasteiger partial charge in [-0.05, 0) is 36.2 Å². The van der Waals surface area contributed by atoms with Gasteiger partial charge < -0.3 is 15.2 Å². The predicted molar refractivity (Wildman–Crippen MR) is 110 cm³/mol. The third-order valence-corrected chi connectivity index (χ3v) is 5.21. The summed E-state index contributed by atoms with van der Waals surface area (Å²) in [5.74, 6) is 1.09. The molecular formula is C24H23NO3. The molecule has 1 aliphatic rings. The SMILES string of the molecule is CC(=O)Nc1ccc(C2c3ccc(O)cc3OCC2c2cccc(C)c2)cc1. The van der Waals surface area contributed by atoms with Crippen molar-refractivity contribution in [2.24, 2.45) is 0 Å². The van der Waals surface area contributed by atoms with Gasteiger partial charge in [0.05, 0.1) is 6.61 Å². The quantitative estimate of drug-likeness (QED) is 0.682. The number of rotatable bonds is 3. The van der Waals surface area contributed by atoms with Crippen LogP contribution in [0.2, 0.25) is 0 Å². The van der Waals surface area contributed by atoms with E-state index in [0.29, 0.717) is 6.61 Å². The Balaban J connectivity index is 1.79. The minimum atomic E-state index is -0.0859. The van der Waals surface area contributed by atoms with Crippen LogP contribution in [0.25, 0.3) is 0 Å². The molecule has 0 bridgehead atoms. The molecular weight excluding hydrogens is 350 g/mol. The van der Waals surface area contributed by atoms with Crippen LogP contribution in [0.3, 0.4) is 0 Å². The average molecular weight is 373 g/mol. The Morgan fingerprint density at radius 3 is 2.54 bits per heavy atom. The highest BCUT2D eigenvalue weighted by Gasteiger charge is 2.33. The van der Waals surface area contributed by atoms with Crippen LogP contribution in [0.4, 0.5) is 5.69 Å². The number of anilines is 1. The van der Waals surface area contributed by atoms with Crippen LogP contribution in [0.1, 0.15) is 41.0 Å². The molecule has 0 saturated carbocycles. The van der Waals surface area contributed by atoms with E-state index in [1.165, 1.54) is 18.1 Å². The monoisotopic (exact) mass is 373 g/mol. The maximum atomic E-state index is 11.3. The topological polar surface area (TPSA) is 58.6 Å². The molecule has 3 aromatic carbocycles. The fraction of sp³-hybridized carbons (Fsp3) is 0.208. The summed E-state index contributed by atoms with van der Waals surface area (Å²) in [5.41, 5.74) is 5.43. The van der Waals surface area contributed by atoms with E-state index in [1.54, 1.807) is 12.1 Å². The zero-order valence-electron chi connectivity index (χ0n) is 16.0. The third-order valence-electron chi connectivity index (χ3n) is 5.21. The second-order valence-electron chi connectivity index (χ2n) is 7.33. The minimum Gasteiger partial charge on any atom is -0.508 e. The number of phenolic OH excluding ortho intramolecular Hbond substituents is 1. The molecule has 0 radical (unpaired) electrons. The van der Waals surface area contributed by atoms with E-state index >= 15 is 0 Å². The molecule has 0 spiro atoms. The summed E-state index contributed by atoms with van der Waals surface area (Å²) in [7, 11) is 0. The van der Waals surface area contributed by atoms with Gasteiger partial charge in [-0.1, -0.05) is 48.0 Å². The van der Waals surface area contributed by atoms with Crippen LogP contribution in [-0.4, -0.2) is 17.6 Å². The summed E-state index contributed by atoms with van der Waals surface area (Å²) < 4.78 is 6.02. The van der Waals surface area contributed by atoms with Crippen LogP contribution in [-0.2, 0) is 4.79 Å². The standard InChI is InChI=1S/C24H23NO3/c1-15-4-3-5-18(12-15)22-14-28-23-13-20(27)10-11-21(23)24(22)17-6-8-19(9-7-17)25-16(2)26/h3-13,22,24,27H,14H2,1-2H3,(H,25,26). The fourth-order valence-electron chi connectivity index (χ4n) is 3.98. The van der Waals surface area contributed by atoms with Crippen LogP contribution < -0.4 is 10.1 Å². The van der Waals surface area contributed by atoms with Gasteiger partial charge in [-0.3, -0.25) is 4.79 Å². The molecule has 4 heteroatoms. The number of carbonyl (C=O) groups is 1. The first kappa shape index (κ1) is 18.1. The number of nitrogens with one attached hydrogen (secondary N) is 1. The molecule has 3 aromatic rings. The van der Waals surface area contributed by atoms with Crippen molar-refractivity contribution in [1.82, 2.24) is 0 Å². The normalized spacial score (nSPS) is 18.1. The smallest absolute Gasteiger partial charge is 0.221 e. The molecule has 2 unspecified atom stereocenters. The van der Waals surface area contributed by atoms with Gasteiger partial charge in [0, 0.05) is 36.1 Å². The van der Waals surface area contributed by atoms with Gasteiger partial charge in [-0.2, -0.15) is 0 Å². The van der Waals surface area contributed by atoms with Gasteiger partial charge in [-0.25, -0.2) is 0 Å². The van der Waals surface area contributed by atoms with E-state index in [2.05, 4.69) is 48.6 Å². The lowest BCUT2D eigenvalue weighted by Crippen LogP contribution is -2.25. The first-order valence-electron chi connectivity index (χ1n) is 9.41. The summed E-state index contributed by atoms with van der Waals surface area (Å²) in [6, 6.07) is 21.8. The first-order chi connectivity index (χ1) is 13.5. The van der Waals surface area contributed by atoms with Crippen molar-refractivity contribution < 1.29 is 14.6 Å². The number of amides is 1. The zero-order chi connectivity index (χ0) is 19.7. The second kappa shape index (κ2) is 7.39. The number of aryl methyl sites for hydroxylation is 1. The van der Waals surface area contributed by atoms with E-state index in [1.807, 2.05) is 18.2 Å². The molecule has 1 heterocycles. The highest BCUT2D eigenvalue weighted by molar-refractivity contribution is 5.88. The van der Waals surface area contributed by atoms with E-state index in [9.17, 15) is 9.90 Å². The Kier molecular flexibility index (Phi) is 4.78. The van der Waals surface area contributed by atoms with Crippen molar-refractivity contribution in [3.05, 3.63) is 89.0 Å². The molecule has 0 aliphatic carbocycles. The molecule has 2 N–H and O–H groups in total. The first-order valence-corrected chi connectivity index (χ1v) is 9.41. The van der Waals surface area contributed by atoms with Crippen molar-refractivity contribution in [3.8, 4) is 11.5 Å². The number of ether oxygens (including phenoxy) is 1. The molecule has 0 aromatic heterocycles. The highest BCUT2D eigenvalue weighted by Crippen LogP contribution is 2.47. The number of carbonyl (C=O) groups excluding carboxylic acids is 1. The van der Waals surface area contributed by atoms with Gasteiger partial charge in [0.2, 0.25) is 5.91 Å². The molecule has 1 aliphatic heterocycles. The van der Waals surface area contributed by atoms with Crippen molar-refractivity contribution >= 4 is 11.6 Å². The third kappa shape index (κ3) is 3.58. The lowest BCUT2D eigenvalue weighted by molar-refractivity contribution is -0.114. The molecule has 0 fully saturated rings. The maximum Gasteiger partial charge on any atom is 0.221 e. The highest BCUT2D eigenvalue weighted by atomic mass is 16.5. The van der Waals surface area contributed by atoms with Crippen molar-refractivity contribution in [3.63, 3.8) is 0 Å². The van der Waals surface area contributed by atoms with Gasteiger partial charge >= 0.3 is 0 Å². The summed E-state index contributed by atoms with van der Waals surface area (Å²) >= 11 is 0. The van der Waals surface area contributed by atoms with Gasteiger partial charge in [0.1, 0.15) is 11.5 Å². The van der Waals surface area contributed by atoms with Crippen LogP contribution in [0.15, 0.2) is 66.7 Å². The fourth-order valence-corrected chi connectivity index (χ4v) is 3.98. The van der Waals surface area contributed by atoms with Crippen molar-refractivity contribution in [2.45, 2.75) is 25.7 Å². The molecule has 2 atom stereocenters. The van der Waals surface area contributed by atoms with Crippen LogP contribution in [0, 0.1) is 6.92 Å². The van der Waals surface area contributed by atoms with Crippen molar-refractivity contribution in [2.75, 3.05) is 11.9 Å². The number of benzene rings is 3. The predicted octanol–water partition coefficient (Wildman–Crippen LogP) is 4.97. The minimum absolute atomic E-state index is 0.0859. The van der Waals surface area contributed by atoms with E-state index in [-0.39, 0.29) is 23.5 Å². The van der Waals surface area contributed by atoms with Gasteiger partial charge in [-0.15, -0.1) is 0 Å². The van der Waals surface area contributed by atoms with E-state index in [4.69, 9.17) is 4.74 Å². The Bertz CT molecular complexity index is 1010.